The zero-order valence-corrected chi connectivity index (χ0v) is 12.1. The Balaban J connectivity index is 2.23. The van der Waals surface area contributed by atoms with E-state index in [1.807, 2.05) is 0 Å². The minimum atomic E-state index is -1.05. The van der Waals surface area contributed by atoms with Crippen molar-refractivity contribution < 1.29 is 19.0 Å². The van der Waals surface area contributed by atoms with Gasteiger partial charge in [0, 0.05) is 5.56 Å². The third-order valence-corrected chi connectivity index (χ3v) is 3.07. The van der Waals surface area contributed by atoms with Crippen LogP contribution in [0.4, 0.5) is 10.1 Å². The monoisotopic (exact) mass is 302 g/mol. The Morgan fingerprint density at radius 1 is 1.27 bits per heavy atom. The minimum Gasteiger partial charge on any atom is -0.494 e. The molecule has 0 aliphatic carbocycles. The maximum Gasteiger partial charge on any atom is 0.337 e. The number of methoxy groups -OCH3 is 1. The van der Waals surface area contributed by atoms with E-state index < -0.39 is 11.8 Å². The molecule has 2 N–H and O–H groups in total. The van der Waals surface area contributed by atoms with Crippen molar-refractivity contribution in [3.8, 4) is 5.75 Å². The quantitative estimate of drug-likeness (QED) is 0.656. The van der Waals surface area contributed by atoms with Crippen LogP contribution >= 0.6 is 0 Å². The highest BCUT2D eigenvalue weighted by Gasteiger charge is 2.09. The van der Waals surface area contributed by atoms with Gasteiger partial charge in [-0.3, -0.25) is 5.43 Å². The number of anilines is 1. The highest BCUT2D eigenvalue weighted by molar-refractivity contribution is 6.00. The number of rotatable bonds is 5. The zero-order chi connectivity index (χ0) is 16.1. The molecule has 5 nitrogen and oxygen atoms in total. The number of hydrogen-bond acceptors (Lipinski definition) is 4. The molecule has 0 radical (unpaired) electrons. The number of nitrogens with zero attached hydrogens (tertiary/aromatic N) is 1. The van der Waals surface area contributed by atoms with E-state index in [0.717, 1.165) is 0 Å². The summed E-state index contributed by atoms with van der Waals surface area (Å²) in [5.74, 6) is -1.38. The lowest BCUT2D eigenvalue weighted by Crippen LogP contribution is -2.05. The molecule has 0 aliphatic rings. The van der Waals surface area contributed by atoms with Crippen molar-refractivity contribution in [2.45, 2.75) is 6.92 Å². The van der Waals surface area contributed by atoms with E-state index in [9.17, 15) is 9.18 Å². The predicted molar refractivity (Wildman–Crippen MR) is 82.2 cm³/mol. The fourth-order valence-electron chi connectivity index (χ4n) is 1.87. The number of halogens is 1. The first-order valence-corrected chi connectivity index (χ1v) is 6.49. The van der Waals surface area contributed by atoms with Crippen LogP contribution in [0.2, 0.25) is 0 Å². The van der Waals surface area contributed by atoms with Crippen LogP contribution in [0.15, 0.2) is 47.6 Å². The maximum atomic E-state index is 13.7. The largest absolute Gasteiger partial charge is 0.494 e. The maximum absolute atomic E-state index is 13.7. The Morgan fingerprint density at radius 2 is 2.00 bits per heavy atom. The van der Waals surface area contributed by atoms with Crippen molar-refractivity contribution in [3.63, 3.8) is 0 Å². The van der Waals surface area contributed by atoms with Gasteiger partial charge in [-0.05, 0) is 37.3 Å². The van der Waals surface area contributed by atoms with Crippen molar-refractivity contribution in [3.05, 3.63) is 59.4 Å². The summed E-state index contributed by atoms with van der Waals surface area (Å²) in [4.78, 5) is 11.1. The van der Waals surface area contributed by atoms with Gasteiger partial charge < -0.3 is 9.84 Å². The summed E-state index contributed by atoms with van der Waals surface area (Å²) in [5, 5.41) is 13.2. The molecule has 0 heterocycles. The number of para-hydroxylation sites is 1. The van der Waals surface area contributed by atoms with Crippen LogP contribution in [-0.2, 0) is 0 Å². The number of carbonyl (C=O) groups is 1. The van der Waals surface area contributed by atoms with Crippen LogP contribution < -0.4 is 10.2 Å². The molecule has 2 aromatic carbocycles. The van der Waals surface area contributed by atoms with Gasteiger partial charge in [0.15, 0.2) is 11.6 Å². The van der Waals surface area contributed by atoms with Crippen molar-refractivity contribution in [1.29, 1.82) is 0 Å². The van der Waals surface area contributed by atoms with Crippen LogP contribution in [0.3, 0.4) is 0 Å². The first-order chi connectivity index (χ1) is 10.5. The number of benzene rings is 2. The van der Waals surface area contributed by atoms with Gasteiger partial charge in [0.05, 0.1) is 24.1 Å². The fourth-order valence-corrected chi connectivity index (χ4v) is 1.87. The van der Waals surface area contributed by atoms with Gasteiger partial charge in [-0.2, -0.15) is 5.10 Å². The van der Waals surface area contributed by atoms with E-state index in [-0.39, 0.29) is 11.3 Å². The van der Waals surface area contributed by atoms with Gasteiger partial charge >= 0.3 is 5.97 Å². The molecule has 0 unspecified atom stereocenters. The molecule has 0 saturated heterocycles. The van der Waals surface area contributed by atoms with Crippen molar-refractivity contribution in [1.82, 2.24) is 0 Å². The van der Waals surface area contributed by atoms with Crippen LogP contribution in [0, 0.1) is 5.82 Å². The minimum absolute atomic E-state index is 0.111. The molecule has 0 atom stereocenters. The standard InChI is InChI=1S/C16H15FN2O3/c1-10(11-7-8-15(22-2)13(17)9-11)18-19-14-6-4-3-5-12(14)16(20)21/h3-9,19H,1-2H3,(H,20,21)/b18-10+. The first-order valence-electron chi connectivity index (χ1n) is 6.49. The highest BCUT2D eigenvalue weighted by Crippen LogP contribution is 2.19. The lowest BCUT2D eigenvalue weighted by Gasteiger charge is -2.07. The average Bonchev–Trinajstić information content (AvgIpc) is 2.52. The average molecular weight is 302 g/mol. The SMILES string of the molecule is COc1ccc(/C(C)=N/Nc2ccccc2C(=O)O)cc1F. The second-order valence-corrected chi connectivity index (χ2v) is 4.51. The molecule has 2 aromatic rings. The normalized spacial score (nSPS) is 11.1. The Bertz CT molecular complexity index is 729. The predicted octanol–water partition coefficient (Wildman–Crippen LogP) is 3.37. The van der Waals surface area contributed by atoms with Crippen molar-refractivity contribution in [2.75, 3.05) is 12.5 Å². The first kappa shape index (κ1) is 15.5. The number of hydrazone groups is 1. The Morgan fingerprint density at radius 3 is 2.64 bits per heavy atom. The second kappa shape index (κ2) is 6.71. The van der Waals surface area contributed by atoms with Crippen LogP contribution in [-0.4, -0.2) is 23.9 Å². The molecule has 22 heavy (non-hydrogen) atoms. The Labute approximate surface area is 127 Å². The summed E-state index contributed by atoms with van der Waals surface area (Å²) in [6.45, 7) is 1.69. The molecule has 0 aliphatic heterocycles. The summed E-state index contributed by atoms with van der Waals surface area (Å²) in [6, 6.07) is 10.9. The molecule has 0 spiro atoms. The van der Waals surface area contributed by atoms with Gasteiger partial charge in [0.2, 0.25) is 0 Å². The van der Waals surface area contributed by atoms with E-state index >= 15 is 0 Å². The second-order valence-electron chi connectivity index (χ2n) is 4.51. The van der Waals surface area contributed by atoms with Gasteiger partial charge in [0.1, 0.15) is 0 Å². The number of aromatic carboxylic acids is 1. The van der Waals surface area contributed by atoms with Crippen molar-refractivity contribution >= 4 is 17.4 Å². The van der Waals surface area contributed by atoms with Crippen LogP contribution in [0.25, 0.3) is 0 Å². The molecule has 0 amide bonds. The molecule has 2 rings (SSSR count). The van der Waals surface area contributed by atoms with E-state index in [0.29, 0.717) is 17.0 Å². The van der Waals surface area contributed by atoms with E-state index in [2.05, 4.69) is 10.5 Å². The molecular formula is C16H15FN2O3. The molecule has 0 bridgehead atoms. The van der Waals surface area contributed by atoms with E-state index in [1.54, 1.807) is 31.2 Å². The summed E-state index contributed by atoms with van der Waals surface area (Å²) in [5.41, 5.74) is 4.25. The molecule has 6 heteroatoms. The third kappa shape index (κ3) is 3.41. The molecule has 114 valence electrons. The summed E-state index contributed by atoms with van der Waals surface area (Å²) in [7, 11) is 1.39. The number of carboxylic acid groups (broad SMARTS) is 1. The summed E-state index contributed by atoms with van der Waals surface area (Å²) in [6.07, 6.45) is 0. The summed E-state index contributed by atoms with van der Waals surface area (Å²) < 4.78 is 18.5. The zero-order valence-electron chi connectivity index (χ0n) is 12.1. The Hall–Kier alpha value is -2.89. The van der Waals surface area contributed by atoms with Gasteiger partial charge in [-0.25, -0.2) is 9.18 Å². The van der Waals surface area contributed by atoms with Crippen LogP contribution in [0.1, 0.15) is 22.8 Å². The number of hydrogen-bond donors (Lipinski definition) is 2. The number of carboxylic acids is 1. The van der Waals surface area contributed by atoms with Crippen molar-refractivity contribution in [2.24, 2.45) is 5.10 Å². The fraction of sp³-hybridized carbons (Fsp3) is 0.125. The van der Waals surface area contributed by atoms with E-state index in [4.69, 9.17) is 9.84 Å². The smallest absolute Gasteiger partial charge is 0.337 e. The number of ether oxygens (including phenoxy) is 1. The summed E-state index contributed by atoms with van der Waals surface area (Å²) >= 11 is 0. The lowest BCUT2D eigenvalue weighted by molar-refractivity contribution is 0.0698. The molecule has 0 aromatic heterocycles. The van der Waals surface area contributed by atoms with E-state index in [1.165, 1.54) is 25.3 Å². The lowest BCUT2D eigenvalue weighted by atomic mass is 10.1. The Kier molecular flexibility index (Phi) is 4.73. The van der Waals surface area contributed by atoms with Gasteiger partial charge in [-0.15, -0.1) is 0 Å². The molecular weight excluding hydrogens is 287 g/mol. The molecule has 0 saturated carbocycles. The van der Waals surface area contributed by atoms with Gasteiger partial charge in [-0.1, -0.05) is 12.1 Å². The third-order valence-electron chi connectivity index (χ3n) is 3.07. The topological polar surface area (TPSA) is 70.9 Å². The van der Waals surface area contributed by atoms with Gasteiger partial charge in [0.25, 0.3) is 0 Å². The highest BCUT2D eigenvalue weighted by atomic mass is 19.1. The van der Waals surface area contributed by atoms with Crippen LogP contribution in [0.5, 0.6) is 5.75 Å². The molecule has 0 fully saturated rings. The number of nitrogens with one attached hydrogen (secondary N) is 1.